The van der Waals surface area contributed by atoms with E-state index in [1.165, 1.54) is 6.08 Å². The molecule has 50 valence electrons. The van der Waals surface area contributed by atoms with Crippen molar-refractivity contribution >= 4 is 14.5 Å². The molecule has 0 radical (unpaired) electrons. The van der Waals surface area contributed by atoms with Crippen LogP contribution in [0.25, 0.3) is 0 Å². The van der Waals surface area contributed by atoms with Gasteiger partial charge in [0.15, 0.2) is 0 Å². The fourth-order valence-corrected chi connectivity index (χ4v) is 1.55. The molecule has 1 fully saturated rings. The van der Waals surface area contributed by atoms with Gasteiger partial charge < -0.3 is 4.52 Å². The van der Waals surface area contributed by atoms with Crippen molar-refractivity contribution in [1.29, 1.82) is 0 Å². The molecule has 0 aliphatic carbocycles. The quantitative estimate of drug-likeness (QED) is 0.307. The summed E-state index contributed by atoms with van der Waals surface area (Å²) in [5, 5.41) is 0. The van der Waals surface area contributed by atoms with Crippen LogP contribution in [0, 0.1) is 0 Å². The molecule has 1 aliphatic heterocycles. The first-order chi connectivity index (χ1) is 4.34. The second-order valence-corrected chi connectivity index (χ2v) is 3.31. The molecule has 9 heavy (non-hydrogen) atoms. The molecule has 0 aromatic rings. The van der Waals surface area contributed by atoms with Gasteiger partial charge in [-0.25, -0.2) is 9.46 Å². The van der Waals surface area contributed by atoms with Crippen LogP contribution in [0.2, 0.25) is 0 Å². The molecule has 0 bridgehead atoms. The smallest absolute Gasteiger partial charge is 0.249 e. The van der Waals surface area contributed by atoms with Gasteiger partial charge in [-0.1, -0.05) is 0 Å². The monoisotopic (exact) mass is 146 g/mol. The summed E-state index contributed by atoms with van der Waals surface area (Å²) in [6, 6.07) is 0. The Morgan fingerprint density at radius 2 is 2.67 bits per heavy atom. The van der Waals surface area contributed by atoms with E-state index in [4.69, 9.17) is 4.52 Å². The fraction of sp³-hybridized carbons (Fsp3) is 0.750. The van der Waals surface area contributed by atoms with Gasteiger partial charge in [0, 0.05) is 6.54 Å². The second-order valence-electron chi connectivity index (χ2n) is 1.66. The van der Waals surface area contributed by atoms with Crippen LogP contribution in [0.4, 0.5) is 0 Å². The number of hydrogen-bond acceptors (Lipinski definition) is 4. The maximum absolute atomic E-state index is 9.72. The number of hydrogen-bond donors (Lipinski definition) is 0. The van der Waals surface area contributed by atoms with Gasteiger partial charge >= 0.3 is 0 Å². The topological polar surface area (TPSA) is 41.9 Å². The summed E-state index contributed by atoms with van der Waals surface area (Å²) in [6.07, 6.45) is 1.48. The maximum Gasteiger partial charge on any atom is 0.249 e. The number of likely N-dealkylation sites (N-methyl/N-ethyl adjacent to an activating group) is 1. The minimum atomic E-state index is -0.972. The first-order valence-corrected chi connectivity index (χ1v) is 3.73. The maximum atomic E-state index is 9.72. The minimum absolute atomic E-state index is 0.674. The third-order valence-electron chi connectivity index (χ3n) is 1.04. The predicted molar refractivity (Wildman–Crippen MR) is 33.6 cm³/mol. The molecule has 1 heterocycles. The van der Waals surface area contributed by atoms with Gasteiger partial charge in [-0.05, 0) is 7.05 Å². The lowest BCUT2D eigenvalue weighted by Crippen LogP contribution is -2.05. The Morgan fingerprint density at radius 3 is 3.11 bits per heavy atom. The Morgan fingerprint density at radius 1 is 1.89 bits per heavy atom. The van der Waals surface area contributed by atoms with Crippen molar-refractivity contribution in [1.82, 2.24) is 4.67 Å². The highest BCUT2D eigenvalue weighted by Crippen LogP contribution is 2.44. The van der Waals surface area contributed by atoms with Crippen LogP contribution < -0.4 is 0 Å². The third kappa shape index (κ3) is 1.57. The zero-order chi connectivity index (χ0) is 6.69. The Labute approximate surface area is 54.5 Å². The van der Waals surface area contributed by atoms with Crippen LogP contribution in [0.15, 0.2) is 4.76 Å². The first-order valence-electron chi connectivity index (χ1n) is 2.56. The first kappa shape index (κ1) is 6.84. The van der Waals surface area contributed by atoms with E-state index in [-0.39, 0.29) is 0 Å². The standard InChI is InChI=1S/C4H7N2O2P/c1-6-2-3-8-9(6)5-4-7/h2-3H2,1H3. The molecule has 5 heteroatoms. The molecule has 0 saturated carbocycles. The molecule has 1 aliphatic rings. The average molecular weight is 146 g/mol. The highest BCUT2D eigenvalue weighted by atomic mass is 31.2. The molecule has 0 aromatic heterocycles. The number of nitrogens with zero attached hydrogens (tertiary/aromatic N) is 2. The SMILES string of the molecule is CN1CCOP1N=C=O. The van der Waals surface area contributed by atoms with Gasteiger partial charge in [0.1, 0.15) is 0 Å². The lowest BCUT2D eigenvalue weighted by molar-refractivity contribution is 0.394. The number of isocyanates is 1. The summed E-state index contributed by atoms with van der Waals surface area (Å²) in [6.45, 7) is 1.53. The highest BCUT2D eigenvalue weighted by Gasteiger charge is 2.21. The molecule has 1 rings (SSSR count). The fourth-order valence-electron chi connectivity index (χ4n) is 0.579. The Hall–Kier alpha value is -0.270. The molecule has 0 spiro atoms. The van der Waals surface area contributed by atoms with Crippen LogP contribution in [0.1, 0.15) is 0 Å². The summed E-state index contributed by atoms with van der Waals surface area (Å²) in [5.41, 5.74) is 0. The van der Waals surface area contributed by atoms with Crippen molar-refractivity contribution in [3.05, 3.63) is 0 Å². The molecule has 1 unspecified atom stereocenters. The summed E-state index contributed by atoms with van der Waals surface area (Å²) in [4.78, 5) is 9.72. The summed E-state index contributed by atoms with van der Waals surface area (Å²) >= 11 is 0. The molecular weight excluding hydrogens is 139 g/mol. The van der Waals surface area contributed by atoms with Crippen LogP contribution >= 0.6 is 8.45 Å². The summed E-state index contributed by atoms with van der Waals surface area (Å²) in [7, 11) is 0.903. The van der Waals surface area contributed by atoms with Gasteiger partial charge in [-0.3, -0.25) is 0 Å². The van der Waals surface area contributed by atoms with Crippen molar-refractivity contribution in [2.45, 2.75) is 0 Å². The number of rotatable bonds is 1. The van der Waals surface area contributed by atoms with Gasteiger partial charge in [0.2, 0.25) is 14.5 Å². The molecule has 0 aromatic carbocycles. The van der Waals surface area contributed by atoms with Crippen molar-refractivity contribution < 1.29 is 9.32 Å². The van der Waals surface area contributed by atoms with E-state index < -0.39 is 8.45 Å². The van der Waals surface area contributed by atoms with Crippen LogP contribution in [-0.4, -0.2) is 30.9 Å². The largest absolute Gasteiger partial charge is 0.324 e. The molecule has 0 amide bonds. The Kier molecular flexibility index (Phi) is 2.31. The average Bonchev–Trinajstić information content (AvgIpc) is 2.18. The van der Waals surface area contributed by atoms with E-state index in [0.717, 1.165) is 6.54 Å². The molecule has 1 saturated heterocycles. The van der Waals surface area contributed by atoms with E-state index in [9.17, 15) is 4.79 Å². The van der Waals surface area contributed by atoms with E-state index >= 15 is 0 Å². The zero-order valence-corrected chi connectivity index (χ0v) is 5.97. The van der Waals surface area contributed by atoms with Crippen LogP contribution in [-0.2, 0) is 9.32 Å². The normalized spacial score (nSPS) is 27.9. The Balaban J connectivity index is 2.49. The number of carbonyl (C=O) groups excluding carboxylic acids is 1. The van der Waals surface area contributed by atoms with Crippen molar-refractivity contribution in [3.63, 3.8) is 0 Å². The van der Waals surface area contributed by atoms with Gasteiger partial charge in [0.25, 0.3) is 0 Å². The van der Waals surface area contributed by atoms with Crippen molar-refractivity contribution in [2.24, 2.45) is 4.76 Å². The molecular formula is C4H7N2O2P. The third-order valence-corrected chi connectivity index (χ3v) is 2.49. The van der Waals surface area contributed by atoms with E-state index in [0.29, 0.717) is 6.61 Å². The zero-order valence-electron chi connectivity index (χ0n) is 5.07. The van der Waals surface area contributed by atoms with E-state index in [1.54, 1.807) is 0 Å². The molecule has 0 N–H and O–H groups in total. The van der Waals surface area contributed by atoms with Gasteiger partial charge in [-0.2, -0.15) is 0 Å². The second kappa shape index (κ2) is 3.04. The van der Waals surface area contributed by atoms with Crippen molar-refractivity contribution in [3.8, 4) is 0 Å². The lowest BCUT2D eigenvalue weighted by Gasteiger charge is -2.07. The summed E-state index contributed by atoms with van der Waals surface area (Å²) < 4.78 is 10.4. The van der Waals surface area contributed by atoms with Crippen molar-refractivity contribution in [2.75, 3.05) is 20.2 Å². The lowest BCUT2D eigenvalue weighted by atomic mass is 10.7. The van der Waals surface area contributed by atoms with Gasteiger partial charge in [-0.15, -0.1) is 4.76 Å². The predicted octanol–water partition coefficient (Wildman–Crippen LogP) is 0.511. The van der Waals surface area contributed by atoms with E-state index in [1.807, 2.05) is 11.7 Å². The summed E-state index contributed by atoms with van der Waals surface area (Å²) in [5.74, 6) is 0. The highest BCUT2D eigenvalue weighted by molar-refractivity contribution is 7.48. The minimum Gasteiger partial charge on any atom is -0.324 e. The van der Waals surface area contributed by atoms with Crippen LogP contribution in [0.5, 0.6) is 0 Å². The van der Waals surface area contributed by atoms with E-state index in [2.05, 4.69) is 4.76 Å². The van der Waals surface area contributed by atoms with Crippen LogP contribution in [0.3, 0.4) is 0 Å². The molecule has 1 atom stereocenters. The molecule has 4 nitrogen and oxygen atoms in total. The van der Waals surface area contributed by atoms with Gasteiger partial charge in [0.05, 0.1) is 6.61 Å². The Bertz CT molecular complexity index is 146.